The van der Waals surface area contributed by atoms with Gasteiger partial charge in [0.2, 0.25) is 11.9 Å². The van der Waals surface area contributed by atoms with E-state index in [1.54, 1.807) is 19.1 Å². The van der Waals surface area contributed by atoms with Crippen molar-refractivity contribution in [1.29, 1.82) is 0 Å². The van der Waals surface area contributed by atoms with Crippen molar-refractivity contribution in [2.75, 3.05) is 23.7 Å². The second-order valence-electron chi connectivity index (χ2n) is 5.28. The van der Waals surface area contributed by atoms with Crippen LogP contribution in [0.5, 0.6) is 0 Å². The predicted molar refractivity (Wildman–Crippen MR) is 80.4 cm³/mol. The lowest BCUT2D eigenvalue weighted by Crippen LogP contribution is -2.31. The first-order chi connectivity index (χ1) is 10.1. The van der Waals surface area contributed by atoms with E-state index in [1.807, 2.05) is 0 Å². The van der Waals surface area contributed by atoms with Gasteiger partial charge in [-0.1, -0.05) is 12.1 Å². The topological polar surface area (TPSA) is 67.9 Å². The molecule has 1 saturated heterocycles. The summed E-state index contributed by atoms with van der Waals surface area (Å²) in [5, 5.41) is 0. The Morgan fingerprint density at radius 2 is 1.86 bits per heavy atom. The summed E-state index contributed by atoms with van der Waals surface area (Å²) in [6.45, 7) is 3.56. The number of aromatic nitrogens is 3. The molecule has 0 atom stereocenters. The maximum atomic E-state index is 13.7. The van der Waals surface area contributed by atoms with E-state index in [1.165, 1.54) is 12.5 Å². The molecule has 3 rings (SSSR count). The van der Waals surface area contributed by atoms with Crippen LogP contribution in [-0.4, -0.2) is 28.0 Å². The summed E-state index contributed by atoms with van der Waals surface area (Å²) in [7, 11) is 0. The summed E-state index contributed by atoms with van der Waals surface area (Å²) < 4.78 is 13.7. The Kier molecular flexibility index (Phi) is 3.68. The molecular weight excluding hydrogens is 269 g/mol. The lowest BCUT2D eigenvalue weighted by molar-refractivity contribution is 0.568. The third-order valence-corrected chi connectivity index (χ3v) is 3.79. The Balaban J connectivity index is 2.03. The average Bonchev–Trinajstić information content (AvgIpc) is 2.50. The Hall–Kier alpha value is -2.24. The molecule has 0 bridgehead atoms. The molecule has 2 heterocycles. The van der Waals surface area contributed by atoms with E-state index in [-0.39, 0.29) is 11.8 Å². The summed E-state index contributed by atoms with van der Waals surface area (Å²) in [4.78, 5) is 15.0. The van der Waals surface area contributed by atoms with E-state index in [2.05, 4.69) is 19.9 Å². The van der Waals surface area contributed by atoms with E-state index in [4.69, 9.17) is 5.73 Å². The first kappa shape index (κ1) is 13.7. The predicted octanol–water partition coefficient (Wildman–Crippen LogP) is 2.56. The van der Waals surface area contributed by atoms with Gasteiger partial charge in [-0.05, 0) is 37.8 Å². The van der Waals surface area contributed by atoms with Crippen molar-refractivity contribution < 1.29 is 4.39 Å². The fourth-order valence-electron chi connectivity index (χ4n) is 2.59. The first-order valence-electron chi connectivity index (χ1n) is 7.17. The van der Waals surface area contributed by atoms with Crippen LogP contribution in [0.3, 0.4) is 0 Å². The van der Waals surface area contributed by atoms with Gasteiger partial charge in [0, 0.05) is 18.7 Å². The lowest BCUT2D eigenvalue weighted by Gasteiger charge is -2.26. The standard InChI is InChI=1S/C15H18FN5/c1-10-11(6-5-7-12(10)16)13-18-14(17)20-15(19-13)21-8-3-2-4-9-21/h5-7H,2-4,8-9H2,1H3,(H2,17,18,19,20). The maximum absolute atomic E-state index is 13.7. The molecule has 0 radical (unpaired) electrons. The minimum atomic E-state index is -0.272. The number of rotatable bonds is 2. The highest BCUT2D eigenvalue weighted by atomic mass is 19.1. The van der Waals surface area contributed by atoms with Crippen LogP contribution >= 0.6 is 0 Å². The second-order valence-corrected chi connectivity index (χ2v) is 5.28. The van der Waals surface area contributed by atoms with Crippen LogP contribution in [0.25, 0.3) is 11.4 Å². The quantitative estimate of drug-likeness (QED) is 0.919. The molecule has 2 aromatic rings. The molecule has 5 nitrogen and oxygen atoms in total. The van der Waals surface area contributed by atoms with Gasteiger partial charge in [0.05, 0.1) is 0 Å². The third-order valence-electron chi connectivity index (χ3n) is 3.79. The molecular formula is C15H18FN5. The summed E-state index contributed by atoms with van der Waals surface area (Å²) >= 11 is 0. The normalized spacial score (nSPS) is 15.2. The van der Waals surface area contributed by atoms with E-state index in [9.17, 15) is 4.39 Å². The highest BCUT2D eigenvalue weighted by Gasteiger charge is 2.17. The van der Waals surface area contributed by atoms with Crippen molar-refractivity contribution in [3.8, 4) is 11.4 Å². The summed E-state index contributed by atoms with van der Waals surface area (Å²) in [6.07, 6.45) is 3.48. The zero-order valence-electron chi connectivity index (χ0n) is 12.0. The zero-order chi connectivity index (χ0) is 14.8. The van der Waals surface area contributed by atoms with Crippen molar-refractivity contribution >= 4 is 11.9 Å². The number of halogens is 1. The fraction of sp³-hybridized carbons (Fsp3) is 0.400. The van der Waals surface area contributed by atoms with Crippen LogP contribution in [0.4, 0.5) is 16.3 Å². The molecule has 110 valence electrons. The van der Waals surface area contributed by atoms with Crippen LogP contribution in [0.2, 0.25) is 0 Å². The number of piperidine rings is 1. The number of hydrogen-bond donors (Lipinski definition) is 1. The maximum Gasteiger partial charge on any atom is 0.230 e. The molecule has 2 N–H and O–H groups in total. The van der Waals surface area contributed by atoms with Gasteiger partial charge in [-0.25, -0.2) is 4.39 Å². The molecule has 1 aromatic carbocycles. The molecule has 6 heteroatoms. The van der Waals surface area contributed by atoms with Crippen LogP contribution < -0.4 is 10.6 Å². The number of hydrogen-bond acceptors (Lipinski definition) is 5. The van der Waals surface area contributed by atoms with Gasteiger partial charge in [-0.3, -0.25) is 0 Å². The minimum Gasteiger partial charge on any atom is -0.368 e. The number of nitrogen functional groups attached to an aromatic ring is 1. The van der Waals surface area contributed by atoms with Crippen LogP contribution in [-0.2, 0) is 0 Å². The van der Waals surface area contributed by atoms with Gasteiger partial charge in [0.15, 0.2) is 5.82 Å². The molecule has 0 spiro atoms. The summed E-state index contributed by atoms with van der Waals surface area (Å²) in [5.74, 6) is 0.913. The highest BCUT2D eigenvalue weighted by Crippen LogP contribution is 2.25. The van der Waals surface area contributed by atoms with Gasteiger partial charge in [0.25, 0.3) is 0 Å². The van der Waals surface area contributed by atoms with Crippen molar-refractivity contribution in [1.82, 2.24) is 15.0 Å². The van der Waals surface area contributed by atoms with Crippen LogP contribution in [0, 0.1) is 12.7 Å². The monoisotopic (exact) mass is 287 g/mol. The summed E-state index contributed by atoms with van der Waals surface area (Å²) in [6, 6.07) is 4.88. The SMILES string of the molecule is Cc1c(F)cccc1-c1nc(N)nc(N2CCCCC2)n1. The molecule has 0 saturated carbocycles. The molecule has 21 heavy (non-hydrogen) atoms. The number of anilines is 2. The van der Waals surface area contributed by atoms with Crippen molar-refractivity contribution in [3.05, 3.63) is 29.6 Å². The van der Waals surface area contributed by atoms with E-state index >= 15 is 0 Å². The van der Waals surface area contributed by atoms with Crippen LogP contribution in [0.1, 0.15) is 24.8 Å². The largest absolute Gasteiger partial charge is 0.368 e. The molecule has 1 aliphatic heterocycles. The first-order valence-corrected chi connectivity index (χ1v) is 7.17. The van der Waals surface area contributed by atoms with Gasteiger partial charge in [0.1, 0.15) is 5.82 Å². The Morgan fingerprint density at radius 3 is 2.62 bits per heavy atom. The van der Waals surface area contributed by atoms with E-state index in [0.29, 0.717) is 22.9 Å². The Morgan fingerprint density at radius 1 is 1.10 bits per heavy atom. The summed E-state index contributed by atoms with van der Waals surface area (Å²) in [5.41, 5.74) is 6.98. The second kappa shape index (κ2) is 5.63. The highest BCUT2D eigenvalue weighted by molar-refractivity contribution is 5.62. The fourth-order valence-corrected chi connectivity index (χ4v) is 2.59. The van der Waals surface area contributed by atoms with Gasteiger partial charge in [-0.2, -0.15) is 15.0 Å². The Labute approximate surface area is 123 Å². The molecule has 1 aromatic heterocycles. The number of nitrogens with zero attached hydrogens (tertiary/aromatic N) is 4. The van der Waals surface area contributed by atoms with Crippen molar-refractivity contribution in [2.45, 2.75) is 26.2 Å². The van der Waals surface area contributed by atoms with Crippen molar-refractivity contribution in [2.24, 2.45) is 0 Å². The van der Waals surface area contributed by atoms with Gasteiger partial charge >= 0.3 is 0 Å². The third kappa shape index (κ3) is 2.79. The lowest BCUT2D eigenvalue weighted by atomic mass is 10.1. The molecule has 0 aliphatic carbocycles. The van der Waals surface area contributed by atoms with E-state index in [0.717, 1.165) is 25.9 Å². The number of nitrogens with two attached hydrogens (primary N) is 1. The van der Waals surface area contributed by atoms with Crippen LogP contribution in [0.15, 0.2) is 18.2 Å². The minimum absolute atomic E-state index is 0.171. The Bertz CT molecular complexity index is 653. The zero-order valence-corrected chi connectivity index (χ0v) is 12.0. The molecule has 1 fully saturated rings. The van der Waals surface area contributed by atoms with Gasteiger partial charge in [-0.15, -0.1) is 0 Å². The average molecular weight is 287 g/mol. The molecule has 0 amide bonds. The van der Waals surface area contributed by atoms with Crippen molar-refractivity contribution in [3.63, 3.8) is 0 Å². The molecule has 0 unspecified atom stereocenters. The smallest absolute Gasteiger partial charge is 0.230 e. The molecule has 1 aliphatic rings. The number of benzene rings is 1. The van der Waals surface area contributed by atoms with Gasteiger partial charge < -0.3 is 10.6 Å². The van der Waals surface area contributed by atoms with E-state index < -0.39 is 0 Å².